The molecule has 80 valence electrons. The number of aromatic amines is 1. The molecule has 0 saturated carbocycles. The Hall–Kier alpha value is -1.51. The molecule has 0 aromatic carbocycles. The van der Waals surface area contributed by atoms with E-state index in [1.54, 1.807) is 6.20 Å². The number of nitrogens with one attached hydrogen (secondary N) is 1. The van der Waals surface area contributed by atoms with Crippen LogP contribution in [0, 0.1) is 0 Å². The Kier molecular flexibility index (Phi) is 2.39. The molecule has 1 N–H and O–H groups in total. The van der Waals surface area contributed by atoms with Gasteiger partial charge in [0.25, 0.3) is 0 Å². The summed E-state index contributed by atoms with van der Waals surface area (Å²) in [5, 5.41) is 0. The van der Waals surface area contributed by atoms with E-state index in [0.29, 0.717) is 0 Å². The van der Waals surface area contributed by atoms with Crippen molar-refractivity contribution in [3.05, 3.63) is 41.9 Å². The summed E-state index contributed by atoms with van der Waals surface area (Å²) in [7, 11) is 0. The van der Waals surface area contributed by atoms with Crippen molar-refractivity contribution in [3.8, 4) is 0 Å². The van der Waals surface area contributed by atoms with Crippen molar-refractivity contribution in [2.24, 2.45) is 0 Å². The lowest BCUT2D eigenvalue weighted by Gasteiger charge is -2.14. The first-order chi connectivity index (χ1) is 7.05. The zero-order valence-electron chi connectivity index (χ0n) is 9.37. The lowest BCUT2D eigenvalue weighted by Crippen LogP contribution is -2.09. The van der Waals surface area contributed by atoms with E-state index >= 15 is 0 Å². The molecule has 2 aromatic rings. The van der Waals surface area contributed by atoms with E-state index in [-0.39, 0.29) is 5.41 Å². The quantitative estimate of drug-likeness (QED) is 0.817. The van der Waals surface area contributed by atoms with Gasteiger partial charge < -0.3 is 9.40 Å². The first-order valence-corrected chi connectivity index (χ1v) is 5.13. The van der Waals surface area contributed by atoms with E-state index in [1.165, 1.54) is 0 Å². The minimum absolute atomic E-state index is 0.0708. The molecule has 0 fully saturated rings. The summed E-state index contributed by atoms with van der Waals surface area (Å²) in [4.78, 5) is 7.23. The third-order valence-corrected chi connectivity index (χ3v) is 2.30. The molecule has 2 aromatic heterocycles. The van der Waals surface area contributed by atoms with Gasteiger partial charge in [0, 0.05) is 17.8 Å². The Morgan fingerprint density at radius 2 is 2.13 bits per heavy atom. The molecule has 0 aliphatic heterocycles. The second-order valence-electron chi connectivity index (χ2n) is 4.73. The Bertz CT molecular complexity index is 421. The Morgan fingerprint density at radius 1 is 1.33 bits per heavy atom. The van der Waals surface area contributed by atoms with Crippen LogP contribution in [0.3, 0.4) is 0 Å². The lowest BCUT2D eigenvalue weighted by molar-refractivity contribution is 0.389. The van der Waals surface area contributed by atoms with Gasteiger partial charge in [-0.2, -0.15) is 0 Å². The number of furan rings is 1. The zero-order valence-corrected chi connectivity index (χ0v) is 9.37. The Morgan fingerprint density at radius 3 is 2.67 bits per heavy atom. The van der Waals surface area contributed by atoms with Gasteiger partial charge in [0.1, 0.15) is 17.3 Å². The largest absolute Gasteiger partial charge is 0.465 e. The number of H-pyrrole nitrogens is 1. The summed E-state index contributed by atoms with van der Waals surface area (Å²) in [5.41, 5.74) is 0.0708. The van der Waals surface area contributed by atoms with Crippen LogP contribution in [-0.4, -0.2) is 9.97 Å². The van der Waals surface area contributed by atoms with Crippen LogP contribution in [0.2, 0.25) is 0 Å². The molecule has 2 heterocycles. The summed E-state index contributed by atoms with van der Waals surface area (Å²) < 4.78 is 5.76. The molecular weight excluding hydrogens is 188 g/mol. The third-order valence-electron chi connectivity index (χ3n) is 2.30. The van der Waals surface area contributed by atoms with Gasteiger partial charge in [0.15, 0.2) is 0 Å². The average molecular weight is 204 g/mol. The number of aromatic nitrogens is 2. The normalized spacial score (nSPS) is 11.9. The van der Waals surface area contributed by atoms with E-state index in [1.807, 2.05) is 18.3 Å². The molecular formula is C12H16N2O. The number of imidazole rings is 1. The number of nitrogens with zero attached hydrogens (tertiary/aromatic N) is 1. The van der Waals surface area contributed by atoms with Crippen molar-refractivity contribution >= 4 is 0 Å². The maximum Gasteiger partial charge on any atom is 0.113 e. The van der Waals surface area contributed by atoms with Crippen molar-refractivity contribution in [2.75, 3.05) is 0 Å². The molecule has 3 heteroatoms. The zero-order chi connectivity index (χ0) is 10.9. The van der Waals surface area contributed by atoms with Gasteiger partial charge in [0.05, 0.1) is 6.42 Å². The maximum atomic E-state index is 5.76. The van der Waals surface area contributed by atoms with E-state index in [9.17, 15) is 0 Å². The number of rotatable bonds is 2. The monoisotopic (exact) mass is 204 g/mol. The SMILES string of the molecule is CC(C)(C)c1ccc(Cc2ncc[nH]2)o1. The fourth-order valence-electron chi connectivity index (χ4n) is 1.44. The Balaban J connectivity index is 2.15. The molecule has 15 heavy (non-hydrogen) atoms. The van der Waals surface area contributed by atoms with Crippen molar-refractivity contribution < 1.29 is 4.42 Å². The van der Waals surface area contributed by atoms with Gasteiger partial charge in [0.2, 0.25) is 0 Å². The van der Waals surface area contributed by atoms with Crippen LogP contribution in [0.15, 0.2) is 28.9 Å². The van der Waals surface area contributed by atoms with Crippen LogP contribution in [-0.2, 0) is 11.8 Å². The first-order valence-electron chi connectivity index (χ1n) is 5.13. The summed E-state index contributed by atoms with van der Waals surface area (Å²) in [6.45, 7) is 6.42. The third kappa shape index (κ3) is 2.29. The van der Waals surface area contributed by atoms with E-state index in [2.05, 4.69) is 30.7 Å². The highest BCUT2D eigenvalue weighted by atomic mass is 16.3. The molecule has 0 unspecified atom stereocenters. The molecule has 2 rings (SSSR count). The van der Waals surface area contributed by atoms with Crippen LogP contribution in [0.4, 0.5) is 0 Å². The first kappa shape index (κ1) is 10.0. The standard InChI is InChI=1S/C12H16N2O/c1-12(2,3)10-5-4-9(15-10)8-11-13-6-7-14-11/h4-7H,8H2,1-3H3,(H,13,14). The van der Waals surface area contributed by atoms with Crippen molar-refractivity contribution in [2.45, 2.75) is 32.6 Å². The van der Waals surface area contributed by atoms with Gasteiger partial charge in [-0.15, -0.1) is 0 Å². The van der Waals surface area contributed by atoms with E-state index in [4.69, 9.17) is 4.42 Å². The van der Waals surface area contributed by atoms with Crippen LogP contribution in [0.1, 0.15) is 38.1 Å². The van der Waals surface area contributed by atoms with Crippen molar-refractivity contribution in [1.29, 1.82) is 0 Å². The smallest absolute Gasteiger partial charge is 0.113 e. The van der Waals surface area contributed by atoms with E-state index in [0.717, 1.165) is 23.8 Å². The minimum atomic E-state index is 0.0708. The molecule has 0 aliphatic carbocycles. The highest BCUT2D eigenvalue weighted by molar-refractivity contribution is 5.16. The van der Waals surface area contributed by atoms with Crippen LogP contribution in [0.25, 0.3) is 0 Å². The van der Waals surface area contributed by atoms with Crippen molar-refractivity contribution in [1.82, 2.24) is 9.97 Å². The molecule has 3 nitrogen and oxygen atoms in total. The summed E-state index contributed by atoms with van der Waals surface area (Å²) in [6.07, 6.45) is 4.30. The maximum absolute atomic E-state index is 5.76. The van der Waals surface area contributed by atoms with Crippen LogP contribution >= 0.6 is 0 Å². The van der Waals surface area contributed by atoms with E-state index < -0.39 is 0 Å². The predicted molar refractivity (Wildman–Crippen MR) is 58.8 cm³/mol. The van der Waals surface area contributed by atoms with Crippen molar-refractivity contribution in [3.63, 3.8) is 0 Å². The molecule has 0 aliphatic rings. The fraction of sp³-hybridized carbons (Fsp3) is 0.417. The van der Waals surface area contributed by atoms with Gasteiger partial charge in [-0.1, -0.05) is 20.8 Å². The van der Waals surface area contributed by atoms with Gasteiger partial charge in [-0.05, 0) is 12.1 Å². The minimum Gasteiger partial charge on any atom is -0.465 e. The molecule has 0 radical (unpaired) electrons. The van der Waals surface area contributed by atoms with Crippen LogP contribution < -0.4 is 0 Å². The second kappa shape index (κ2) is 3.57. The summed E-state index contributed by atoms with van der Waals surface area (Å²) >= 11 is 0. The average Bonchev–Trinajstić information content (AvgIpc) is 2.73. The number of hydrogen-bond acceptors (Lipinski definition) is 2. The topological polar surface area (TPSA) is 41.8 Å². The lowest BCUT2D eigenvalue weighted by atomic mass is 9.94. The fourth-order valence-corrected chi connectivity index (χ4v) is 1.44. The predicted octanol–water partition coefficient (Wildman–Crippen LogP) is 2.89. The summed E-state index contributed by atoms with van der Waals surface area (Å²) in [5.74, 6) is 2.91. The van der Waals surface area contributed by atoms with Gasteiger partial charge in [-0.3, -0.25) is 0 Å². The van der Waals surface area contributed by atoms with Crippen LogP contribution in [0.5, 0.6) is 0 Å². The summed E-state index contributed by atoms with van der Waals surface area (Å²) in [6, 6.07) is 4.06. The molecule has 0 spiro atoms. The second-order valence-corrected chi connectivity index (χ2v) is 4.73. The molecule has 0 atom stereocenters. The van der Waals surface area contributed by atoms with Gasteiger partial charge in [-0.25, -0.2) is 4.98 Å². The highest BCUT2D eigenvalue weighted by Crippen LogP contribution is 2.24. The highest BCUT2D eigenvalue weighted by Gasteiger charge is 2.18. The molecule has 0 bridgehead atoms. The Labute approximate surface area is 89.5 Å². The van der Waals surface area contributed by atoms with Gasteiger partial charge >= 0.3 is 0 Å². The number of hydrogen-bond donors (Lipinski definition) is 1. The molecule has 0 amide bonds. The molecule has 0 saturated heterocycles.